The van der Waals surface area contributed by atoms with E-state index in [0.29, 0.717) is 12.5 Å². The molecule has 1 aromatic rings. The van der Waals surface area contributed by atoms with Crippen molar-refractivity contribution in [3.05, 3.63) is 29.8 Å². The molecular weight excluding hydrogens is 302 g/mol. The summed E-state index contributed by atoms with van der Waals surface area (Å²) in [6.45, 7) is 8.17. The normalized spacial score (nSPS) is 12.6. The van der Waals surface area contributed by atoms with E-state index in [-0.39, 0.29) is 6.04 Å². The predicted octanol–water partition coefficient (Wildman–Crippen LogP) is 4.67. The zero-order valence-corrected chi connectivity index (χ0v) is 14.6. The Bertz CT molecular complexity index is 454. The molecule has 1 atom stereocenters. The van der Waals surface area contributed by atoms with Gasteiger partial charge in [-0.2, -0.15) is 0 Å². The molecule has 5 heteroatoms. The van der Waals surface area contributed by atoms with Gasteiger partial charge in [-0.15, -0.1) is 11.6 Å². The maximum atomic E-state index is 11.9. The summed E-state index contributed by atoms with van der Waals surface area (Å²) in [5.41, 5.74) is 0.528. The third-order valence-corrected chi connectivity index (χ3v) is 3.20. The van der Waals surface area contributed by atoms with Crippen LogP contribution in [0.1, 0.15) is 52.1 Å². The van der Waals surface area contributed by atoms with Crippen molar-refractivity contribution in [3.63, 3.8) is 0 Å². The minimum atomic E-state index is -0.498. The van der Waals surface area contributed by atoms with Crippen LogP contribution in [0.3, 0.4) is 0 Å². The Labute approximate surface area is 138 Å². The van der Waals surface area contributed by atoms with Crippen molar-refractivity contribution in [3.8, 4) is 5.75 Å². The maximum Gasteiger partial charge on any atom is 0.408 e. The lowest BCUT2D eigenvalue weighted by Crippen LogP contribution is -2.34. The molecule has 1 unspecified atom stereocenters. The summed E-state index contributed by atoms with van der Waals surface area (Å²) in [4.78, 5) is 11.9. The van der Waals surface area contributed by atoms with E-state index in [0.717, 1.165) is 24.2 Å². The highest BCUT2D eigenvalue weighted by molar-refractivity contribution is 6.17. The predicted molar refractivity (Wildman–Crippen MR) is 89.7 cm³/mol. The van der Waals surface area contributed by atoms with Crippen LogP contribution in [0.25, 0.3) is 0 Å². The van der Waals surface area contributed by atoms with E-state index in [9.17, 15) is 4.79 Å². The van der Waals surface area contributed by atoms with E-state index in [4.69, 9.17) is 21.1 Å². The zero-order valence-electron chi connectivity index (χ0n) is 13.8. The molecule has 0 aliphatic rings. The zero-order chi connectivity index (χ0) is 16.6. The van der Waals surface area contributed by atoms with Crippen molar-refractivity contribution in [1.29, 1.82) is 0 Å². The number of hydrogen-bond acceptors (Lipinski definition) is 3. The molecule has 22 heavy (non-hydrogen) atoms. The lowest BCUT2D eigenvalue weighted by Gasteiger charge is -2.23. The van der Waals surface area contributed by atoms with Gasteiger partial charge in [0, 0.05) is 5.88 Å². The van der Waals surface area contributed by atoms with E-state index < -0.39 is 11.7 Å². The van der Waals surface area contributed by atoms with Crippen molar-refractivity contribution < 1.29 is 14.3 Å². The van der Waals surface area contributed by atoms with E-state index in [2.05, 4.69) is 5.32 Å². The van der Waals surface area contributed by atoms with Gasteiger partial charge in [-0.3, -0.25) is 0 Å². The number of carbonyl (C=O) groups excluding carboxylic acids is 1. The van der Waals surface area contributed by atoms with Crippen molar-refractivity contribution in [2.24, 2.45) is 0 Å². The fourth-order valence-corrected chi connectivity index (χ4v) is 2.02. The van der Waals surface area contributed by atoms with Crippen molar-refractivity contribution in [1.82, 2.24) is 5.32 Å². The second-order valence-corrected chi connectivity index (χ2v) is 6.45. The number of alkyl halides is 1. The molecule has 0 aromatic heterocycles. The molecular formula is C17H26ClNO3. The lowest BCUT2D eigenvalue weighted by atomic mass is 10.0. The SMILES string of the molecule is CCC(NC(=O)OC(C)(C)C)c1ccc(OCCCCl)cc1. The van der Waals surface area contributed by atoms with E-state index in [1.165, 1.54) is 0 Å². The van der Waals surface area contributed by atoms with Gasteiger partial charge in [-0.05, 0) is 51.3 Å². The largest absolute Gasteiger partial charge is 0.494 e. The van der Waals surface area contributed by atoms with Crippen LogP contribution in [0.5, 0.6) is 5.75 Å². The van der Waals surface area contributed by atoms with E-state index >= 15 is 0 Å². The van der Waals surface area contributed by atoms with Crippen LogP contribution in [0.2, 0.25) is 0 Å². The van der Waals surface area contributed by atoms with Gasteiger partial charge < -0.3 is 14.8 Å². The fraction of sp³-hybridized carbons (Fsp3) is 0.588. The number of alkyl carbamates (subject to hydrolysis) is 1. The van der Waals surface area contributed by atoms with Crippen LogP contribution in [-0.4, -0.2) is 24.2 Å². The van der Waals surface area contributed by atoms with Crippen LogP contribution in [-0.2, 0) is 4.74 Å². The first-order valence-electron chi connectivity index (χ1n) is 7.64. The highest BCUT2D eigenvalue weighted by Crippen LogP contribution is 2.21. The maximum absolute atomic E-state index is 11.9. The molecule has 1 aromatic carbocycles. The minimum Gasteiger partial charge on any atom is -0.494 e. The van der Waals surface area contributed by atoms with Crippen molar-refractivity contribution >= 4 is 17.7 Å². The number of halogens is 1. The highest BCUT2D eigenvalue weighted by atomic mass is 35.5. The molecule has 4 nitrogen and oxygen atoms in total. The topological polar surface area (TPSA) is 47.6 Å². The molecule has 0 heterocycles. The smallest absolute Gasteiger partial charge is 0.408 e. The molecule has 0 saturated carbocycles. The molecule has 1 N–H and O–H groups in total. The first-order chi connectivity index (χ1) is 10.4. The molecule has 0 saturated heterocycles. The Morgan fingerprint density at radius 2 is 1.91 bits per heavy atom. The summed E-state index contributed by atoms with van der Waals surface area (Å²) < 4.78 is 10.9. The number of ether oxygens (including phenoxy) is 2. The summed E-state index contributed by atoms with van der Waals surface area (Å²) >= 11 is 5.62. The van der Waals surface area contributed by atoms with Crippen LogP contribution < -0.4 is 10.1 Å². The van der Waals surface area contributed by atoms with Gasteiger partial charge in [0.1, 0.15) is 11.4 Å². The average molecular weight is 328 g/mol. The molecule has 0 spiro atoms. The monoisotopic (exact) mass is 327 g/mol. The first-order valence-corrected chi connectivity index (χ1v) is 8.17. The number of carbonyl (C=O) groups is 1. The minimum absolute atomic E-state index is 0.0771. The number of hydrogen-bond donors (Lipinski definition) is 1. The second kappa shape index (κ2) is 8.89. The Morgan fingerprint density at radius 3 is 2.41 bits per heavy atom. The highest BCUT2D eigenvalue weighted by Gasteiger charge is 2.19. The van der Waals surface area contributed by atoms with Crippen molar-refractivity contribution in [2.75, 3.05) is 12.5 Å². The quantitative estimate of drug-likeness (QED) is 0.584. The average Bonchev–Trinajstić information content (AvgIpc) is 2.44. The van der Waals surface area contributed by atoms with E-state index in [1.54, 1.807) is 0 Å². The van der Waals surface area contributed by atoms with Crippen LogP contribution in [0, 0.1) is 0 Å². The van der Waals surface area contributed by atoms with Gasteiger partial charge in [0.2, 0.25) is 0 Å². The number of benzene rings is 1. The molecule has 0 aliphatic heterocycles. The van der Waals surface area contributed by atoms with Crippen molar-refractivity contribution in [2.45, 2.75) is 52.2 Å². The molecule has 0 aliphatic carbocycles. The summed E-state index contributed by atoms with van der Waals surface area (Å²) in [6, 6.07) is 7.65. The van der Waals surface area contributed by atoms with Gasteiger partial charge in [0.05, 0.1) is 12.6 Å². The van der Waals surface area contributed by atoms with Crippen LogP contribution in [0.15, 0.2) is 24.3 Å². The summed E-state index contributed by atoms with van der Waals surface area (Å²) in [5.74, 6) is 1.40. The van der Waals surface area contributed by atoms with Crippen LogP contribution in [0.4, 0.5) is 4.79 Å². The number of nitrogens with one attached hydrogen (secondary N) is 1. The fourth-order valence-electron chi connectivity index (χ4n) is 1.91. The third-order valence-electron chi connectivity index (χ3n) is 2.93. The Hall–Kier alpha value is -1.42. The van der Waals surface area contributed by atoms with E-state index in [1.807, 2.05) is 52.0 Å². The summed E-state index contributed by atoms with van der Waals surface area (Å²) in [6.07, 6.45) is 1.20. The molecule has 0 radical (unpaired) electrons. The van der Waals surface area contributed by atoms with Gasteiger partial charge in [0.15, 0.2) is 0 Å². The summed E-state index contributed by atoms with van der Waals surface area (Å²) in [7, 11) is 0. The number of rotatable bonds is 7. The standard InChI is InChI=1S/C17H26ClNO3/c1-5-15(19-16(20)22-17(2,3)4)13-7-9-14(10-8-13)21-12-6-11-18/h7-10,15H,5-6,11-12H2,1-4H3,(H,19,20). The first kappa shape index (κ1) is 18.6. The molecule has 0 bridgehead atoms. The summed E-state index contributed by atoms with van der Waals surface area (Å²) in [5, 5.41) is 2.89. The Balaban J connectivity index is 2.61. The van der Waals surface area contributed by atoms with Crippen LogP contribution >= 0.6 is 11.6 Å². The number of amides is 1. The van der Waals surface area contributed by atoms with Gasteiger partial charge >= 0.3 is 6.09 Å². The molecule has 1 amide bonds. The Morgan fingerprint density at radius 1 is 1.27 bits per heavy atom. The molecule has 1 rings (SSSR count). The molecule has 0 fully saturated rings. The third kappa shape index (κ3) is 7.03. The Kier molecular flexibility index (Phi) is 7.52. The van der Waals surface area contributed by atoms with Gasteiger partial charge in [-0.25, -0.2) is 4.79 Å². The second-order valence-electron chi connectivity index (χ2n) is 6.07. The van der Waals surface area contributed by atoms with Gasteiger partial charge in [0.25, 0.3) is 0 Å². The molecule has 124 valence electrons. The lowest BCUT2D eigenvalue weighted by molar-refractivity contribution is 0.0502. The van der Waals surface area contributed by atoms with Gasteiger partial charge in [-0.1, -0.05) is 19.1 Å².